The first-order valence-corrected chi connectivity index (χ1v) is 17.6. The Bertz CT molecular complexity index is 1570. The van der Waals surface area contributed by atoms with Crippen molar-refractivity contribution in [1.29, 1.82) is 0 Å². The molecule has 2 aliphatic rings. The van der Waals surface area contributed by atoms with Crippen molar-refractivity contribution in [2.24, 2.45) is 0 Å². The molecule has 0 saturated carbocycles. The Kier molecular flexibility index (Phi) is 12.6. The van der Waals surface area contributed by atoms with E-state index in [0.29, 0.717) is 152 Å². The van der Waals surface area contributed by atoms with Gasteiger partial charge in [-0.05, 0) is 0 Å². The van der Waals surface area contributed by atoms with Gasteiger partial charge in [-0.2, -0.15) is 9.97 Å². The third-order valence-electron chi connectivity index (χ3n) is 9.04. The first kappa shape index (κ1) is 37.1. The number of nitrogens with zero attached hydrogens (tertiary/aromatic N) is 14. The quantitative estimate of drug-likeness (QED) is 0.139. The number of aromatic nitrogens is 8. The molecule has 0 amide bonds. The zero-order chi connectivity index (χ0) is 36.5. The summed E-state index contributed by atoms with van der Waals surface area (Å²) in [4.78, 5) is 33.8. The minimum atomic E-state index is 0.496. The smallest absolute Gasteiger partial charge is 0.318 e. The van der Waals surface area contributed by atoms with Gasteiger partial charge in [-0.15, -0.1) is 10.2 Å². The molecule has 0 aromatic carbocycles. The van der Waals surface area contributed by atoms with Gasteiger partial charge >= 0.3 is 12.0 Å². The molecule has 0 spiro atoms. The largest absolute Gasteiger partial charge is 0.408 e. The molecule has 284 valence electrons. The fraction of sp³-hybridized carbons (Fsp3) is 0.688. The van der Waals surface area contributed by atoms with Gasteiger partial charge in [-0.25, -0.2) is 9.97 Å². The van der Waals surface area contributed by atoms with Gasteiger partial charge in [0.2, 0.25) is 23.7 Å². The second kappa shape index (κ2) is 17.7. The van der Waals surface area contributed by atoms with Crippen LogP contribution in [0.4, 0.5) is 35.6 Å². The summed E-state index contributed by atoms with van der Waals surface area (Å²) in [6.07, 6.45) is 0. The van der Waals surface area contributed by atoms with Gasteiger partial charge in [0.1, 0.15) is 11.0 Å². The van der Waals surface area contributed by atoms with Gasteiger partial charge in [0.05, 0.1) is 26.4 Å². The SMILES string of the molecule is COCCN(CCOC)c1nc(N2CCN(c3nnc(C)o3)CC2)c2nc(N(CCOC)CCOC)nc(N3CCN(c4nnc(C)o4)CC3)c2n1. The van der Waals surface area contributed by atoms with E-state index in [-0.39, 0.29) is 0 Å². The fourth-order valence-electron chi connectivity index (χ4n) is 6.16. The standard InChI is InChI=1S/C32H50N14O6/c1-23-37-39-31(51-23)45-11-7-41(8-12-45)27-25-26(34-29(35-27)43(15-19-47-3)16-20-48-4)28(36-30(33-25)44(17-21-49-5)18-22-50-6)42-9-13-46(14-10-42)32-40-38-24(2)52-32/h7-22H2,1-6H3. The summed E-state index contributed by atoms with van der Waals surface area (Å²) < 4.78 is 33.4. The molecule has 6 rings (SSSR count). The van der Waals surface area contributed by atoms with E-state index < -0.39 is 0 Å². The number of hydrogen-bond donors (Lipinski definition) is 0. The summed E-state index contributed by atoms with van der Waals surface area (Å²) in [5.74, 6) is 3.63. The van der Waals surface area contributed by atoms with Gasteiger partial charge in [0.25, 0.3) is 0 Å². The minimum absolute atomic E-state index is 0.496. The summed E-state index contributed by atoms with van der Waals surface area (Å²) in [5, 5.41) is 16.5. The molecule has 2 fully saturated rings. The molecule has 4 aromatic heterocycles. The highest BCUT2D eigenvalue weighted by molar-refractivity contribution is 5.95. The average Bonchev–Trinajstić information content (AvgIpc) is 3.82. The molecule has 0 bridgehead atoms. The van der Waals surface area contributed by atoms with Crippen LogP contribution in [0.5, 0.6) is 0 Å². The maximum absolute atomic E-state index is 5.75. The van der Waals surface area contributed by atoms with Crippen molar-refractivity contribution in [3.63, 3.8) is 0 Å². The van der Waals surface area contributed by atoms with E-state index in [2.05, 4.69) is 49.8 Å². The van der Waals surface area contributed by atoms with Gasteiger partial charge < -0.3 is 57.2 Å². The summed E-state index contributed by atoms with van der Waals surface area (Å²) in [7, 11) is 6.75. The van der Waals surface area contributed by atoms with Crippen LogP contribution in [0.15, 0.2) is 8.83 Å². The normalized spacial score (nSPS) is 15.3. The fourth-order valence-corrected chi connectivity index (χ4v) is 6.16. The van der Waals surface area contributed by atoms with Crippen LogP contribution < -0.4 is 29.4 Å². The van der Waals surface area contributed by atoms with Crippen molar-refractivity contribution in [1.82, 2.24) is 40.3 Å². The highest BCUT2D eigenvalue weighted by Gasteiger charge is 2.30. The van der Waals surface area contributed by atoms with E-state index in [0.717, 1.165) is 11.6 Å². The maximum atomic E-state index is 5.75. The van der Waals surface area contributed by atoms with Crippen molar-refractivity contribution < 1.29 is 27.8 Å². The first-order chi connectivity index (χ1) is 25.4. The molecule has 0 unspecified atom stereocenters. The predicted octanol–water partition coefficient (Wildman–Crippen LogP) is 0.654. The molecule has 0 atom stereocenters. The number of methoxy groups -OCH3 is 4. The van der Waals surface area contributed by atoms with Gasteiger partial charge in [-0.3, -0.25) is 0 Å². The van der Waals surface area contributed by atoms with Crippen LogP contribution in [-0.4, -0.2) is 174 Å². The van der Waals surface area contributed by atoms with Crippen LogP contribution in [0.3, 0.4) is 0 Å². The summed E-state index contributed by atoms with van der Waals surface area (Å²) >= 11 is 0. The Morgan fingerprint density at radius 1 is 0.481 bits per heavy atom. The average molecular weight is 727 g/mol. The number of hydrogen-bond acceptors (Lipinski definition) is 20. The lowest BCUT2D eigenvalue weighted by molar-refractivity contribution is 0.189. The molecule has 0 N–H and O–H groups in total. The van der Waals surface area contributed by atoms with Crippen LogP contribution in [0.25, 0.3) is 11.0 Å². The predicted molar refractivity (Wildman–Crippen MR) is 194 cm³/mol. The number of piperazine rings is 2. The van der Waals surface area contributed by atoms with Crippen LogP contribution in [0.2, 0.25) is 0 Å². The number of fused-ring (bicyclic) bond motifs is 1. The topological polar surface area (TPSA) is 186 Å². The Morgan fingerprint density at radius 3 is 1.10 bits per heavy atom. The summed E-state index contributed by atoms with van der Waals surface area (Å²) in [6.45, 7) is 13.1. The second-order valence-corrected chi connectivity index (χ2v) is 12.5. The van der Waals surface area contributed by atoms with E-state index in [1.807, 2.05) is 0 Å². The molecular weight excluding hydrogens is 676 g/mol. The van der Waals surface area contributed by atoms with Crippen molar-refractivity contribution in [2.75, 3.05) is 163 Å². The van der Waals surface area contributed by atoms with Gasteiger partial charge in [0.15, 0.2) is 11.6 Å². The molecule has 20 nitrogen and oxygen atoms in total. The van der Waals surface area contributed by atoms with Gasteiger partial charge in [-0.1, -0.05) is 10.2 Å². The van der Waals surface area contributed by atoms with E-state index in [4.69, 9.17) is 47.7 Å². The van der Waals surface area contributed by atoms with Crippen LogP contribution in [0.1, 0.15) is 11.8 Å². The highest BCUT2D eigenvalue weighted by atomic mass is 16.5. The maximum Gasteiger partial charge on any atom is 0.318 e. The van der Waals surface area contributed by atoms with Gasteiger partial charge in [0, 0.05) is 121 Å². The van der Waals surface area contributed by atoms with Crippen molar-refractivity contribution in [2.45, 2.75) is 13.8 Å². The number of rotatable bonds is 18. The number of anilines is 6. The lowest BCUT2D eigenvalue weighted by atomic mass is 10.2. The Hall–Kier alpha value is -4.66. The molecule has 6 heterocycles. The molecule has 2 aliphatic heterocycles. The number of aryl methyl sites for hydroxylation is 2. The molecule has 2 saturated heterocycles. The lowest BCUT2D eigenvalue weighted by Crippen LogP contribution is -2.48. The van der Waals surface area contributed by atoms with E-state index in [1.165, 1.54) is 0 Å². The van der Waals surface area contributed by atoms with Crippen LogP contribution in [0, 0.1) is 13.8 Å². The first-order valence-electron chi connectivity index (χ1n) is 17.6. The van der Waals surface area contributed by atoms with Crippen molar-refractivity contribution in [3.05, 3.63) is 11.8 Å². The molecule has 20 heteroatoms. The Labute approximate surface area is 303 Å². The third kappa shape index (κ3) is 8.68. The Morgan fingerprint density at radius 2 is 0.808 bits per heavy atom. The summed E-state index contributed by atoms with van der Waals surface area (Å²) in [5.41, 5.74) is 1.33. The van der Waals surface area contributed by atoms with E-state index >= 15 is 0 Å². The minimum Gasteiger partial charge on any atom is -0.408 e. The second-order valence-electron chi connectivity index (χ2n) is 12.5. The van der Waals surface area contributed by atoms with Crippen LogP contribution in [-0.2, 0) is 18.9 Å². The highest BCUT2D eigenvalue weighted by Crippen LogP contribution is 2.34. The number of ether oxygens (including phenoxy) is 4. The van der Waals surface area contributed by atoms with E-state index in [1.54, 1.807) is 42.3 Å². The monoisotopic (exact) mass is 726 g/mol. The van der Waals surface area contributed by atoms with Crippen molar-refractivity contribution in [3.8, 4) is 0 Å². The lowest BCUT2D eigenvalue weighted by Gasteiger charge is -2.37. The molecule has 0 aliphatic carbocycles. The molecular formula is C32H50N14O6. The molecule has 4 aromatic rings. The van der Waals surface area contributed by atoms with Crippen molar-refractivity contribution >= 4 is 46.6 Å². The van der Waals surface area contributed by atoms with Crippen LogP contribution >= 0.6 is 0 Å². The molecule has 52 heavy (non-hydrogen) atoms. The summed E-state index contributed by atoms with van der Waals surface area (Å²) in [6, 6.07) is 1.04. The zero-order valence-corrected chi connectivity index (χ0v) is 31.0. The van der Waals surface area contributed by atoms with E-state index in [9.17, 15) is 0 Å². The Balaban J connectivity index is 1.45. The molecule has 0 radical (unpaired) electrons. The third-order valence-corrected chi connectivity index (χ3v) is 9.04. The zero-order valence-electron chi connectivity index (χ0n) is 31.0.